The molecule has 196 valence electrons. The first-order valence-electron chi connectivity index (χ1n) is 12.8. The van der Waals surface area contributed by atoms with Crippen molar-refractivity contribution in [1.29, 1.82) is 0 Å². The summed E-state index contributed by atoms with van der Waals surface area (Å²) in [7, 11) is 0. The quantitative estimate of drug-likeness (QED) is 0.272. The Bertz CT molecular complexity index is 1460. The SMILES string of the molecule is CC(=O)NC[C@H]1CN(c2ccc(-c3ccc(CNCCc4c[nH]c5ccc(C)cc45)cc3)c(F)c2)C(=O)O1. The Hall–Kier alpha value is -4.17. The first kappa shape index (κ1) is 25.5. The van der Waals surface area contributed by atoms with Crippen LogP contribution in [0.5, 0.6) is 0 Å². The van der Waals surface area contributed by atoms with E-state index in [-0.39, 0.29) is 19.0 Å². The third-order valence-electron chi connectivity index (χ3n) is 6.81. The van der Waals surface area contributed by atoms with Crippen molar-refractivity contribution in [3.8, 4) is 11.1 Å². The van der Waals surface area contributed by atoms with Gasteiger partial charge in [0, 0.05) is 36.1 Å². The molecular formula is C30H31FN4O3. The van der Waals surface area contributed by atoms with Crippen LogP contribution >= 0.6 is 0 Å². The smallest absolute Gasteiger partial charge is 0.414 e. The normalized spacial score (nSPS) is 15.2. The maximum absolute atomic E-state index is 15.0. The highest BCUT2D eigenvalue weighted by atomic mass is 19.1. The number of amides is 2. The lowest BCUT2D eigenvalue weighted by molar-refractivity contribution is -0.119. The average Bonchev–Trinajstić information content (AvgIpc) is 3.48. The van der Waals surface area contributed by atoms with Crippen molar-refractivity contribution in [2.24, 2.45) is 0 Å². The molecule has 1 aliphatic heterocycles. The molecule has 0 aliphatic carbocycles. The predicted molar refractivity (Wildman–Crippen MR) is 147 cm³/mol. The molecule has 1 fully saturated rings. The van der Waals surface area contributed by atoms with E-state index < -0.39 is 18.0 Å². The first-order valence-corrected chi connectivity index (χ1v) is 12.8. The molecule has 2 heterocycles. The largest absolute Gasteiger partial charge is 0.442 e. The number of hydrogen-bond acceptors (Lipinski definition) is 4. The summed E-state index contributed by atoms with van der Waals surface area (Å²) in [5.74, 6) is -0.613. The second-order valence-corrected chi connectivity index (χ2v) is 9.70. The molecule has 4 aromatic rings. The third kappa shape index (κ3) is 5.70. The molecule has 0 unspecified atom stereocenters. The number of anilines is 1. The number of cyclic esters (lactones) is 1. The number of aromatic amines is 1. The van der Waals surface area contributed by atoms with Crippen LogP contribution in [0.15, 0.2) is 66.9 Å². The molecule has 0 radical (unpaired) electrons. The molecule has 0 spiro atoms. The summed E-state index contributed by atoms with van der Waals surface area (Å²) in [5.41, 5.74) is 6.48. The minimum Gasteiger partial charge on any atom is -0.442 e. The van der Waals surface area contributed by atoms with Gasteiger partial charge in [-0.05, 0) is 66.9 Å². The maximum atomic E-state index is 15.0. The van der Waals surface area contributed by atoms with Gasteiger partial charge in [-0.15, -0.1) is 0 Å². The number of benzene rings is 3. The van der Waals surface area contributed by atoms with Gasteiger partial charge < -0.3 is 20.4 Å². The average molecular weight is 515 g/mol. The highest BCUT2D eigenvalue weighted by molar-refractivity contribution is 5.90. The van der Waals surface area contributed by atoms with Crippen LogP contribution in [0.25, 0.3) is 22.0 Å². The van der Waals surface area contributed by atoms with E-state index in [9.17, 15) is 9.59 Å². The molecule has 8 heteroatoms. The fraction of sp³-hybridized carbons (Fsp3) is 0.267. The number of aryl methyl sites for hydroxylation is 1. The number of nitrogens with one attached hydrogen (secondary N) is 3. The summed E-state index contributed by atoms with van der Waals surface area (Å²) in [6.45, 7) is 5.55. The van der Waals surface area contributed by atoms with Crippen molar-refractivity contribution >= 4 is 28.6 Å². The lowest BCUT2D eigenvalue weighted by Gasteiger charge is -2.15. The molecule has 3 aromatic carbocycles. The van der Waals surface area contributed by atoms with Gasteiger partial charge in [0.15, 0.2) is 0 Å². The zero-order valence-electron chi connectivity index (χ0n) is 21.5. The van der Waals surface area contributed by atoms with Gasteiger partial charge in [0.2, 0.25) is 5.91 Å². The highest BCUT2D eigenvalue weighted by Gasteiger charge is 2.32. The van der Waals surface area contributed by atoms with Crippen molar-refractivity contribution in [3.63, 3.8) is 0 Å². The number of hydrogen-bond donors (Lipinski definition) is 3. The molecule has 0 bridgehead atoms. The first-order chi connectivity index (χ1) is 18.4. The fourth-order valence-corrected chi connectivity index (χ4v) is 4.76. The van der Waals surface area contributed by atoms with Crippen LogP contribution in [-0.4, -0.2) is 42.7 Å². The Morgan fingerprint density at radius 3 is 2.71 bits per heavy atom. The van der Waals surface area contributed by atoms with Gasteiger partial charge in [-0.3, -0.25) is 9.69 Å². The van der Waals surface area contributed by atoms with Crippen LogP contribution in [0, 0.1) is 12.7 Å². The lowest BCUT2D eigenvalue weighted by atomic mass is 10.0. The van der Waals surface area contributed by atoms with Crippen molar-refractivity contribution in [3.05, 3.63) is 89.4 Å². The van der Waals surface area contributed by atoms with Gasteiger partial charge in [0.05, 0.1) is 18.8 Å². The van der Waals surface area contributed by atoms with E-state index in [0.29, 0.717) is 11.3 Å². The van der Waals surface area contributed by atoms with E-state index in [1.54, 1.807) is 12.1 Å². The lowest BCUT2D eigenvalue weighted by Crippen LogP contribution is -2.33. The zero-order chi connectivity index (χ0) is 26.6. The van der Waals surface area contributed by atoms with Crippen molar-refractivity contribution in [1.82, 2.24) is 15.6 Å². The van der Waals surface area contributed by atoms with Crippen LogP contribution in [0.1, 0.15) is 23.6 Å². The Morgan fingerprint density at radius 2 is 1.95 bits per heavy atom. The number of ether oxygens (including phenoxy) is 1. The molecule has 2 amide bonds. The molecule has 3 N–H and O–H groups in total. The van der Waals surface area contributed by atoms with Crippen molar-refractivity contribution in [2.45, 2.75) is 32.9 Å². The summed E-state index contributed by atoms with van der Waals surface area (Å²) in [6.07, 6.45) is 1.99. The van der Waals surface area contributed by atoms with E-state index in [2.05, 4.69) is 46.9 Å². The van der Waals surface area contributed by atoms with Crippen LogP contribution in [-0.2, 0) is 22.5 Å². The standard InChI is InChI=1S/C30H31FN4O3/c1-19-3-10-29-27(13-19)23(16-34-29)11-12-32-15-21-4-6-22(7-5-21)26-9-8-24(14-28(26)31)35-18-25(38-30(35)37)17-33-20(2)36/h3-10,13-14,16,25,32,34H,11-12,15,17-18H2,1-2H3,(H,33,36)/t25-/m0/s1. The third-order valence-corrected chi connectivity index (χ3v) is 6.81. The minimum absolute atomic E-state index is 0.197. The number of nitrogens with zero attached hydrogens (tertiary/aromatic N) is 1. The second kappa shape index (κ2) is 11.1. The summed E-state index contributed by atoms with van der Waals surface area (Å²) < 4.78 is 20.3. The van der Waals surface area contributed by atoms with Crippen molar-refractivity contribution in [2.75, 3.05) is 24.5 Å². The molecule has 7 nitrogen and oxygen atoms in total. The number of H-pyrrole nitrogens is 1. The number of carbonyl (C=O) groups is 2. The van der Waals surface area contributed by atoms with E-state index >= 15 is 4.39 Å². The Morgan fingerprint density at radius 1 is 1.13 bits per heavy atom. The van der Waals surface area contributed by atoms with E-state index in [1.165, 1.54) is 34.4 Å². The number of fused-ring (bicyclic) bond motifs is 1. The van der Waals surface area contributed by atoms with Crippen LogP contribution in [0.3, 0.4) is 0 Å². The Kier molecular flexibility index (Phi) is 7.42. The maximum Gasteiger partial charge on any atom is 0.414 e. The summed E-state index contributed by atoms with van der Waals surface area (Å²) in [6, 6.07) is 19.0. The number of carbonyl (C=O) groups excluding carboxylic acids is 2. The highest BCUT2D eigenvalue weighted by Crippen LogP contribution is 2.29. The van der Waals surface area contributed by atoms with Gasteiger partial charge in [0.25, 0.3) is 0 Å². The summed E-state index contributed by atoms with van der Waals surface area (Å²) in [5, 5.41) is 7.40. The molecule has 5 rings (SSSR count). The van der Waals surface area contributed by atoms with Crippen molar-refractivity contribution < 1.29 is 18.7 Å². The fourth-order valence-electron chi connectivity index (χ4n) is 4.76. The molecule has 1 saturated heterocycles. The van der Waals surface area contributed by atoms with E-state index in [4.69, 9.17) is 4.74 Å². The summed E-state index contributed by atoms with van der Waals surface area (Å²) >= 11 is 0. The molecule has 1 aliphatic rings. The van der Waals surface area contributed by atoms with E-state index in [0.717, 1.165) is 36.2 Å². The second-order valence-electron chi connectivity index (χ2n) is 9.70. The van der Waals surface area contributed by atoms with E-state index in [1.807, 2.05) is 24.3 Å². The molecule has 38 heavy (non-hydrogen) atoms. The zero-order valence-corrected chi connectivity index (χ0v) is 21.5. The van der Waals surface area contributed by atoms with Gasteiger partial charge >= 0.3 is 6.09 Å². The summed E-state index contributed by atoms with van der Waals surface area (Å²) in [4.78, 5) is 28.1. The molecule has 1 aromatic heterocycles. The Labute approximate surface area is 221 Å². The molecule has 1 atom stereocenters. The number of aromatic nitrogens is 1. The van der Waals surface area contributed by atoms with Gasteiger partial charge in [-0.2, -0.15) is 0 Å². The van der Waals surface area contributed by atoms with Gasteiger partial charge in [-0.25, -0.2) is 9.18 Å². The monoisotopic (exact) mass is 514 g/mol. The van der Waals surface area contributed by atoms with Crippen LogP contribution < -0.4 is 15.5 Å². The minimum atomic E-state index is -0.552. The van der Waals surface area contributed by atoms with Crippen LogP contribution in [0.4, 0.5) is 14.9 Å². The Balaban J connectivity index is 1.16. The number of halogens is 1. The predicted octanol–water partition coefficient (Wildman–Crippen LogP) is 5.08. The number of rotatable bonds is 9. The van der Waals surface area contributed by atoms with Gasteiger partial charge in [0.1, 0.15) is 11.9 Å². The topological polar surface area (TPSA) is 86.5 Å². The van der Waals surface area contributed by atoms with Crippen LogP contribution in [0.2, 0.25) is 0 Å². The molecule has 0 saturated carbocycles. The molecular weight excluding hydrogens is 483 g/mol. The van der Waals surface area contributed by atoms with Gasteiger partial charge in [-0.1, -0.05) is 35.9 Å².